The summed E-state index contributed by atoms with van der Waals surface area (Å²) in [6.45, 7) is 4.72. The lowest BCUT2D eigenvalue weighted by molar-refractivity contribution is -0.0183. The minimum atomic E-state index is -0.111. The molecule has 21 heavy (non-hydrogen) atoms. The Morgan fingerprint density at radius 3 is 2.71 bits per heavy atom. The number of rotatable bonds is 6. The fraction of sp³-hybridized carbons (Fsp3) is 0.688. The maximum Gasteiger partial charge on any atom is 0.128 e. The molecule has 1 aliphatic rings. The summed E-state index contributed by atoms with van der Waals surface area (Å²) in [6, 6.07) is 1.95. The third-order valence-electron chi connectivity index (χ3n) is 4.40. The zero-order valence-electron chi connectivity index (χ0n) is 13.1. The first-order chi connectivity index (χ1) is 10.2. The number of nitrogens with two attached hydrogens (primary N) is 2. The number of aromatic nitrogens is 1. The topological polar surface area (TPSA) is 86.2 Å². The van der Waals surface area contributed by atoms with Crippen molar-refractivity contribution in [3.8, 4) is 0 Å². The van der Waals surface area contributed by atoms with E-state index >= 15 is 0 Å². The molecule has 5 N–H and O–H groups in total. The predicted molar refractivity (Wildman–Crippen MR) is 85.4 cm³/mol. The Bertz CT molecular complexity index is 446. The number of ether oxygens (including phenoxy) is 1. The van der Waals surface area contributed by atoms with Crippen LogP contribution in [-0.4, -0.2) is 17.7 Å². The van der Waals surface area contributed by atoms with Crippen molar-refractivity contribution in [2.75, 3.05) is 12.3 Å². The third kappa shape index (κ3) is 3.93. The minimum Gasteiger partial charge on any atom is -0.383 e. The summed E-state index contributed by atoms with van der Waals surface area (Å²) in [7, 11) is 0. The Labute approximate surface area is 127 Å². The number of hydrazine groups is 1. The molecule has 0 aromatic carbocycles. The van der Waals surface area contributed by atoms with Gasteiger partial charge in [-0.2, -0.15) is 0 Å². The van der Waals surface area contributed by atoms with Crippen molar-refractivity contribution in [3.63, 3.8) is 0 Å². The van der Waals surface area contributed by atoms with Crippen molar-refractivity contribution < 1.29 is 4.74 Å². The molecule has 2 unspecified atom stereocenters. The summed E-state index contributed by atoms with van der Waals surface area (Å²) in [5.41, 5.74) is 11.0. The second kappa shape index (κ2) is 7.73. The number of nitrogens with one attached hydrogen (secondary N) is 1. The van der Waals surface area contributed by atoms with Gasteiger partial charge >= 0.3 is 0 Å². The normalized spacial score (nSPS) is 19.4. The molecule has 1 aromatic rings. The molecule has 2 rings (SSSR count). The molecule has 1 fully saturated rings. The lowest BCUT2D eigenvalue weighted by Crippen LogP contribution is -2.43. The van der Waals surface area contributed by atoms with E-state index in [0.29, 0.717) is 18.3 Å². The Balaban J connectivity index is 2.27. The van der Waals surface area contributed by atoms with Crippen LogP contribution in [-0.2, 0) is 4.74 Å². The van der Waals surface area contributed by atoms with Crippen LogP contribution in [0.3, 0.4) is 0 Å². The summed E-state index contributed by atoms with van der Waals surface area (Å²) in [4.78, 5) is 4.26. The highest BCUT2D eigenvalue weighted by Crippen LogP contribution is 2.35. The summed E-state index contributed by atoms with van der Waals surface area (Å²) < 4.78 is 6.06. The van der Waals surface area contributed by atoms with Crippen LogP contribution in [0.5, 0.6) is 0 Å². The number of anilines is 1. The van der Waals surface area contributed by atoms with Gasteiger partial charge in [-0.25, -0.2) is 4.98 Å². The van der Waals surface area contributed by atoms with Crippen LogP contribution in [0.25, 0.3) is 0 Å². The summed E-state index contributed by atoms with van der Waals surface area (Å²) in [5, 5.41) is 0. The highest BCUT2D eigenvalue weighted by atomic mass is 16.5. The van der Waals surface area contributed by atoms with E-state index in [2.05, 4.69) is 16.5 Å². The van der Waals surface area contributed by atoms with E-state index in [-0.39, 0.29) is 12.1 Å². The van der Waals surface area contributed by atoms with E-state index in [9.17, 15) is 0 Å². The van der Waals surface area contributed by atoms with E-state index in [1.165, 1.54) is 32.1 Å². The lowest BCUT2D eigenvalue weighted by Gasteiger charge is -2.35. The number of nitrogens with zero attached hydrogens (tertiary/aromatic N) is 1. The molecule has 1 aliphatic carbocycles. The van der Waals surface area contributed by atoms with Gasteiger partial charge in [0.2, 0.25) is 0 Å². The van der Waals surface area contributed by atoms with Crippen LogP contribution in [0.1, 0.15) is 56.2 Å². The average molecular weight is 292 g/mol. The van der Waals surface area contributed by atoms with Gasteiger partial charge in [-0.3, -0.25) is 11.3 Å². The molecular weight excluding hydrogens is 264 g/mol. The summed E-state index contributed by atoms with van der Waals surface area (Å²) in [5.74, 6) is 6.91. The van der Waals surface area contributed by atoms with Gasteiger partial charge in [0.05, 0.1) is 12.1 Å². The van der Waals surface area contributed by atoms with Gasteiger partial charge < -0.3 is 10.5 Å². The van der Waals surface area contributed by atoms with Crippen LogP contribution in [0.4, 0.5) is 5.82 Å². The number of aryl methyl sites for hydroxylation is 1. The van der Waals surface area contributed by atoms with Crippen molar-refractivity contribution >= 4 is 5.82 Å². The quantitative estimate of drug-likeness (QED) is 0.554. The minimum absolute atomic E-state index is 0.0474. The number of pyridine rings is 1. The molecule has 0 spiro atoms. The van der Waals surface area contributed by atoms with Crippen molar-refractivity contribution in [2.45, 2.75) is 58.1 Å². The standard InChI is InChI=1S/C16H28N4O/c1-3-21-15(12-7-5-4-6-8-12)14(20-18)13-9-11(2)10-19-16(13)17/h9-10,12,14-15,20H,3-8,18H2,1-2H3,(H2,17,19). The van der Waals surface area contributed by atoms with Gasteiger partial charge in [0.25, 0.3) is 0 Å². The number of nitrogen functional groups attached to an aromatic ring is 1. The van der Waals surface area contributed by atoms with Gasteiger partial charge in [-0.1, -0.05) is 19.3 Å². The Morgan fingerprint density at radius 1 is 1.38 bits per heavy atom. The van der Waals surface area contributed by atoms with Gasteiger partial charge in [-0.05, 0) is 44.2 Å². The fourth-order valence-electron chi connectivity index (χ4n) is 3.37. The largest absolute Gasteiger partial charge is 0.383 e. The van der Waals surface area contributed by atoms with Crippen molar-refractivity contribution in [1.29, 1.82) is 0 Å². The maximum atomic E-state index is 6.07. The fourth-order valence-corrected chi connectivity index (χ4v) is 3.37. The number of hydrogen-bond donors (Lipinski definition) is 3. The molecule has 1 saturated carbocycles. The molecule has 2 atom stereocenters. The first-order valence-corrected chi connectivity index (χ1v) is 7.97. The molecule has 118 valence electrons. The maximum absolute atomic E-state index is 6.07. The predicted octanol–water partition coefficient (Wildman–Crippen LogP) is 2.46. The van der Waals surface area contributed by atoms with Gasteiger partial charge in [0.1, 0.15) is 5.82 Å². The number of hydrogen-bond acceptors (Lipinski definition) is 5. The molecule has 5 heteroatoms. The van der Waals surface area contributed by atoms with E-state index < -0.39 is 0 Å². The Hall–Kier alpha value is -1.17. The van der Waals surface area contributed by atoms with Crippen LogP contribution in [0.2, 0.25) is 0 Å². The molecule has 0 saturated heterocycles. The van der Waals surface area contributed by atoms with E-state index in [4.69, 9.17) is 16.3 Å². The average Bonchev–Trinajstić information content (AvgIpc) is 2.51. The molecule has 5 nitrogen and oxygen atoms in total. The Morgan fingerprint density at radius 2 is 2.10 bits per heavy atom. The monoisotopic (exact) mass is 292 g/mol. The van der Waals surface area contributed by atoms with E-state index in [0.717, 1.165) is 11.1 Å². The molecule has 0 radical (unpaired) electrons. The molecule has 0 aliphatic heterocycles. The van der Waals surface area contributed by atoms with E-state index in [1.807, 2.05) is 13.8 Å². The van der Waals surface area contributed by atoms with Crippen LogP contribution < -0.4 is 17.0 Å². The molecule has 1 aromatic heterocycles. The van der Waals surface area contributed by atoms with Gasteiger partial charge in [-0.15, -0.1) is 0 Å². The van der Waals surface area contributed by atoms with Gasteiger partial charge in [0, 0.05) is 18.4 Å². The summed E-state index contributed by atoms with van der Waals surface area (Å²) >= 11 is 0. The van der Waals surface area contributed by atoms with Gasteiger partial charge in [0.15, 0.2) is 0 Å². The second-order valence-electron chi connectivity index (χ2n) is 5.95. The van der Waals surface area contributed by atoms with Crippen molar-refractivity contribution in [1.82, 2.24) is 10.4 Å². The highest BCUT2D eigenvalue weighted by molar-refractivity contribution is 5.43. The first-order valence-electron chi connectivity index (χ1n) is 7.97. The van der Waals surface area contributed by atoms with E-state index in [1.54, 1.807) is 6.20 Å². The Kier molecular flexibility index (Phi) is 5.96. The molecular formula is C16H28N4O. The first kappa shape index (κ1) is 16.2. The van der Waals surface area contributed by atoms with Crippen molar-refractivity contribution in [3.05, 3.63) is 23.4 Å². The third-order valence-corrected chi connectivity index (χ3v) is 4.40. The van der Waals surface area contributed by atoms with Crippen LogP contribution in [0.15, 0.2) is 12.3 Å². The smallest absolute Gasteiger partial charge is 0.128 e. The summed E-state index contributed by atoms with van der Waals surface area (Å²) in [6.07, 6.45) is 8.09. The molecule has 1 heterocycles. The van der Waals surface area contributed by atoms with Crippen molar-refractivity contribution in [2.24, 2.45) is 11.8 Å². The van der Waals surface area contributed by atoms with Crippen LogP contribution >= 0.6 is 0 Å². The molecule has 0 amide bonds. The van der Waals surface area contributed by atoms with Crippen LogP contribution in [0, 0.1) is 12.8 Å². The SMILES string of the molecule is CCOC(C1CCCCC1)C(NN)c1cc(C)cnc1N. The zero-order chi connectivity index (χ0) is 15.2. The molecule has 0 bridgehead atoms. The second-order valence-corrected chi connectivity index (χ2v) is 5.95. The zero-order valence-corrected chi connectivity index (χ0v) is 13.1. The highest BCUT2D eigenvalue weighted by Gasteiger charge is 2.33. The lowest BCUT2D eigenvalue weighted by atomic mass is 9.81.